The number of thioether (sulfide) groups is 1. The average molecular weight is 329 g/mol. The number of halogens is 2. The van der Waals surface area contributed by atoms with Gasteiger partial charge in [-0.15, -0.1) is 10.2 Å². The predicted molar refractivity (Wildman–Crippen MR) is 77.2 cm³/mol. The van der Waals surface area contributed by atoms with Crippen molar-refractivity contribution in [2.24, 2.45) is 0 Å². The Morgan fingerprint density at radius 1 is 1.45 bits per heavy atom. The van der Waals surface area contributed by atoms with Gasteiger partial charge in [-0.25, -0.2) is 4.68 Å². The van der Waals surface area contributed by atoms with Gasteiger partial charge in [0.25, 0.3) is 0 Å². The van der Waals surface area contributed by atoms with Crippen molar-refractivity contribution in [3.63, 3.8) is 0 Å². The Labute approximate surface area is 128 Å². The highest BCUT2D eigenvalue weighted by Crippen LogP contribution is 2.27. The second kappa shape index (κ2) is 7.07. The van der Waals surface area contributed by atoms with Gasteiger partial charge in [0.2, 0.25) is 11.1 Å². The standard InChI is InChI=1S/C12H13F2N5O2S/c1-7(22-12-18-16-6-19(12)15)10(20)17-8-4-2-3-5-9(8)21-11(13)14/h2-7,11H,15H2,1H3,(H,17,20)/t7-/m0/s1. The number of nitrogens with one attached hydrogen (secondary N) is 1. The molecule has 118 valence electrons. The molecule has 0 spiro atoms. The number of hydrogen-bond donors (Lipinski definition) is 2. The highest BCUT2D eigenvalue weighted by atomic mass is 32.2. The van der Waals surface area contributed by atoms with Gasteiger partial charge in [-0.3, -0.25) is 4.79 Å². The van der Waals surface area contributed by atoms with Gasteiger partial charge in [-0.2, -0.15) is 8.78 Å². The molecule has 0 fully saturated rings. The number of carbonyl (C=O) groups is 1. The normalized spacial score (nSPS) is 12.2. The molecule has 0 aliphatic heterocycles. The van der Waals surface area contributed by atoms with Gasteiger partial charge in [-0.1, -0.05) is 23.9 Å². The number of nitrogens with two attached hydrogens (primary N) is 1. The number of alkyl halides is 2. The molecule has 0 bridgehead atoms. The molecule has 0 saturated heterocycles. The van der Waals surface area contributed by atoms with E-state index in [4.69, 9.17) is 5.84 Å². The molecule has 0 unspecified atom stereocenters. The lowest BCUT2D eigenvalue weighted by atomic mass is 10.3. The molecule has 0 saturated carbocycles. The van der Waals surface area contributed by atoms with Crippen molar-refractivity contribution in [1.82, 2.24) is 14.9 Å². The predicted octanol–water partition coefficient (Wildman–Crippen LogP) is 1.71. The lowest BCUT2D eigenvalue weighted by molar-refractivity contribution is -0.115. The molecule has 1 atom stereocenters. The Kier molecular flexibility index (Phi) is 5.15. The van der Waals surface area contributed by atoms with Crippen LogP contribution in [0.1, 0.15) is 6.92 Å². The van der Waals surface area contributed by atoms with Crippen LogP contribution in [-0.2, 0) is 4.79 Å². The molecule has 0 aliphatic rings. The summed E-state index contributed by atoms with van der Waals surface area (Å²) in [6.07, 6.45) is 1.30. The maximum absolute atomic E-state index is 12.3. The van der Waals surface area contributed by atoms with E-state index in [-0.39, 0.29) is 11.4 Å². The van der Waals surface area contributed by atoms with E-state index in [1.165, 1.54) is 29.2 Å². The molecule has 2 rings (SSSR count). The molecule has 2 aromatic rings. The topological polar surface area (TPSA) is 95.1 Å². The number of anilines is 1. The molecule has 3 N–H and O–H groups in total. The molecule has 1 heterocycles. The third kappa shape index (κ3) is 4.07. The molecule has 7 nitrogen and oxygen atoms in total. The van der Waals surface area contributed by atoms with Crippen LogP contribution >= 0.6 is 11.8 Å². The first-order valence-corrected chi connectivity index (χ1v) is 7.02. The maximum Gasteiger partial charge on any atom is 0.387 e. The first-order valence-electron chi connectivity index (χ1n) is 6.14. The maximum atomic E-state index is 12.3. The van der Waals surface area contributed by atoms with Crippen molar-refractivity contribution in [3.8, 4) is 5.75 Å². The summed E-state index contributed by atoms with van der Waals surface area (Å²) in [6, 6.07) is 5.94. The number of para-hydroxylation sites is 2. The van der Waals surface area contributed by atoms with E-state index in [0.29, 0.717) is 5.16 Å². The molecule has 10 heteroatoms. The van der Waals surface area contributed by atoms with E-state index < -0.39 is 17.8 Å². The highest BCUT2D eigenvalue weighted by Gasteiger charge is 2.19. The van der Waals surface area contributed by atoms with Crippen LogP contribution in [0.4, 0.5) is 14.5 Å². The number of rotatable bonds is 6. The van der Waals surface area contributed by atoms with Crippen LogP contribution in [0.15, 0.2) is 35.7 Å². The van der Waals surface area contributed by atoms with E-state index in [1.807, 2.05) is 0 Å². The fraction of sp³-hybridized carbons (Fsp3) is 0.250. The van der Waals surface area contributed by atoms with Crippen molar-refractivity contribution in [1.29, 1.82) is 0 Å². The molecule has 1 aromatic carbocycles. The van der Waals surface area contributed by atoms with Gasteiger partial charge >= 0.3 is 6.61 Å². The van der Waals surface area contributed by atoms with Crippen LogP contribution < -0.4 is 15.9 Å². The molecule has 0 aliphatic carbocycles. The summed E-state index contributed by atoms with van der Waals surface area (Å²) in [5, 5.41) is 9.67. The van der Waals surface area contributed by atoms with Crippen molar-refractivity contribution in [2.75, 3.05) is 11.2 Å². The van der Waals surface area contributed by atoms with E-state index >= 15 is 0 Å². The van der Waals surface area contributed by atoms with Gasteiger partial charge < -0.3 is 15.9 Å². The number of carbonyl (C=O) groups excluding carboxylic acids is 1. The largest absolute Gasteiger partial charge is 0.433 e. The summed E-state index contributed by atoms with van der Waals surface area (Å²) in [5.74, 6) is 5.05. The van der Waals surface area contributed by atoms with Gasteiger partial charge in [0.05, 0.1) is 10.9 Å². The minimum atomic E-state index is -2.97. The minimum absolute atomic E-state index is 0.106. The quantitative estimate of drug-likeness (QED) is 0.619. The van der Waals surface area contributed by atoms with Crippen molar-refractivity contribution in [3.05, 3.63) is 30.6 Å². The zero-order valence-electron chi connectivity index (χ0n) is 11.4. The third-order valence-electron chi connectivity index (χ3n) is 2.55. The van der Waals surface area contributed by atoms with Crippen LogP contribution in [0.2, 0.25) is 0 Å². The summed E-state index contributed by atoms with van der Waals surface area (Å²) in [7, 11) is 0. The molecule has 1 amide bonds. The minimum Gasteiger partial charge on any atom is -0.433 e. The molecular formula is C12H13F2N5O2S. The smallest absolute Gasteiger partial charge is 0.387 e. The van der Waals surface area contributed by atoms with Crippen LogP contribution in [0.25, 0.3) is 0 Å². The van der Waals surface area contributed by atoms with Crippen LogP contribution in [0.5, 0.6) is 5.75 Å². The summed E-state index contributed by atoms with van der Waals surface area (Å²) < 4.78 is 30.2. The second-order valence-electron chi connectivity index (χ2n) is 4.14. The second-order valence-corrected chi connectivity index (χ2v) is 5.45. The van der Waals surface area contributed by atoms with Crippen molar-refractivity contribution >= 4 is 23.4 Å². The van der Waals surface area contributed by atoms with Crippen LogP contribution in [0, 0.1) is 0 Å². The Balaban J connectivity index is 2.04. The van der Waals surface area contributed by atoms with Gasteiger partial charge in [0.15, 0.2) is 0 Å². The number of nitrogens with zero attached hydrogens (tertiary/aromatic N) is 3. The Morgan fingerprint density at radius 3 is 2.82 bits per heavy atom. The molecular weight excluding hydrogens is 316 g/mol. The van der Waals surface area contributed by atoms with E-state index in [1.54, 1.807) is 13.0 Å². The first kappa shape index (κ1) is 16.0. The van der Waals surface area contributed by atoms with Crippen LogP contribution in [0.3, 0.4) is 0 Å². The summed E-state index contributed by atoms with van der Waals surface area (Å²) in [5.41, 5.74) is 0.162. The average Bonchev–Trinajstić information content (AvgIpc) is 2.85. The van der Waals surface area contributed by atoms with E-state index in [2.05, 4.69) is 20.3 Å². The summed E-state index contributed by atoms with van der Waals surface area (Å²) in [4.78, 5) is 12.1. The van der Waals surface area contributed by atoms with Crippen molar-refractivity contribution < 1.29 is 18.3 Å². The zero-order valence-corrected chi connectivity index (χ0v) is 12.3. The lowest BCUT2D eigenvalue weighted by Crippen LogP contribution is -2.24. The van der Waals surface area contributed by atoms with Crippen molar-refractivity contribution in [2.45, 2.75) is 23.9 Å². The number of hydrogen-bond acceptors (Lipinski definition) is 6. The summed E-state index contributed by atoms with van der Waals surface area (Å²) in [6.45, 7) is -1.34. The Morgan fingerprint density at radius 2 is 2.18 bits per heavy atom. The van der Waals surface area contributed by atoms with E-state index in [0.717, 1.165) is 11.8 Å². The number of amides is 1. The molecule has 22 heavy (non-hydrogen) atoms. The monoisotopic (exact) mass is 329 g/mol. The van der Waals surface area contributed by atoms with Gasteiger partial charge in [0, 0.05) is 0 Å². The van der Waals surface area contributed by atoms with Gasteiger partial charge in [-0.05, 0) is 19.1 Å². The number of nitrogen functional groups attached to an aromatic ring is 1. The summed E-state index contributed by atoms with van der Waals surface area (Å²) >= 11 is 1.09. The number of benzene rings is 1. The number of aromatic nitrogens is 3. The third-order valence-corrected chi connectivity index (χ3v) is 3.62. The lowest BCUT2D eigenvalue weighted by Gasteiger charge is -2.14. The first-order chi connectivity index (χ1) is 10.5. The molecule has 1 aromatic heterocycles. The van der Waals surface area contributed by atoms with E-state index in [9.17, 15) is 13.6 Å². The Hall–Kier alpha value is -2.36. The fourth-order valence-corrected chi connectivity index (χ4v) is 2.28. The van der Waals surface area contributed by atoms with Gasteiger partial charge in [0.1, 0.15) is 12.1 Å². The highest BCUT2D eigenvalue weighted by molar-refractivity contribution is 8.00. The Bertz CT molecular complexity index is 652. The SMILES string of the molecule is C[C@H](Sc1nncn1N)C(=O)Nc1ccccc1OC(F)F. The van der Waals surface area contributed by atoms with Crippen LogP contribution in [-0.4, -0.2) is 32.6 Å². The number of ether oxygens (including phenoxy) is 1. The molecule has 0 radical (unpaired) electrons. The zero-order chi connectivity index (χ0) is 16.1. The fourth-order valence-electron chi connectivity index (χ4n) is 1.53.